The first-order chi connectivity index (χ1) is 11.5. The molecule has 8 heteroatoms. The quantitative estimate of drug-likeness (QED) is 0.505. The van der Waals surface area contributed by atoms with E-state index in [1.54, 1.807) is 6.08 Å². The van der Waals surface area contributed by atoms with Crippen molar-refractivity contribution < 1.29 is 14.5 Å². The van der Waals surface area contributed by atoms with Crippen molar-refractivity contribution in [2.24, 2.45) is 0 Å². The van der Waals surface area contributed by atoms with Crippen molar-refractivity contribution in [3.8, 4) is 0 Å². The summed E-state index contributed by atoms with van der Waals surface area (Å²) in [7, 11) is 0. The Bertz CT molecular complexity index is 806. The van der Waals surface area contributed by atoms with Crippen LogP contribution in [0.1, 0.15) is 15.9 Å². The summed E-state index contributed by atoms with van der Waals surface area (Å²) >= 11 is 5.67. The normalized spacial score (nSPS) is 10.4. The van der Waals surface area contributed by atoms with E-state index in [2.05, 4.69) is 10.9 Å². The molecule has 0 aliphatic rings. The highest BCUT2D eigenvalue weighted by atomic mass is 35.5. The van der Waals surface area contributed by atoms with E-state index in [1.165, 1.54) is 18.2 Å². The molecule has 0 atom stereocenters. The number of carbonyl (C=O) groups is 2. The van der Waals surface area contributed by atoms with E-state index in [1.807, 2.05) is 30.3 Å². The highest BCUT2D eigenvalue weighted by Gasteiger charge is 2.16. The summed E-state index contributed by atoms with van der Waals surface area (Å²) < 4.78 is 0. The zero-order valence-corrected chi connectivity index (χ0v) is 13.0. The number of hydrogen-bond acceptors (Lipinski definition) is 4. The average Bonchev–Trinajstić information content (AvgIpc) is 2.59. The van der Waals surface area contributed by atoms with E-state index in [4.69, 9.17) is 11.6 Å². The number of hydrogen-bond donors (Lipinski definition) is 2. The molecule has 0 saturated heterocycles. The van der Waals surface area contributed by atoms with Crippen molar-refractivity contribution in [1.29, 1.82) is 0 Å². The maximum absolute atomic E-state index is 11.9. The van der Waals surface area contributed by atoms with E-state index in [0.29, 0.717) is 0 Å². The van der Waals surface area contributed by atoms with E-state index in [0.717, 1.165) is 11.6 Å². The van der Waals surface area contributed by atoms with E-state index in [-0.39, 0.29) is 16.3 Å². The zero-order chi connectivity index (χ0) is 17.5. The molecule has 0 aliphatic carbocycles. The van der Waals surface area contributed by atoms with Gasteiger partial charge in [-0.15, -0.1) is 0 Å². The molecule has 0 fully saturated rings. The molecular weight excluding hydrogens is 334 g/mol. The minimum absolute atomic E-state index is 0.00145. The van der Waals surface area contributed by atoms with Crippen LogP contribution in [-0.2, 0) is 4.79 Å². The molecule has 0 radical (unpaired) electrons. The molecule has 2 N–H and O–H groups in total. The van der Waals surface area contributed by atoms with Crippen molar-refractivity contribution in [1.82, 2.24) is 10.9 Å². The Morgan fingerprint density at radius 2 is 1.79 bits per heavy atom. The van der Waals surface area contributed by atoms with Gasteiger partial charge in [0.2, 0.25) is 0 Å². The van der Waals surface area contributed by atoms with Crippen molar-refractivity contribution in [3.05, 3.63) is 80.9 Å². The van der Waals surface area contributed by atoms with Crippen LogP contribution < -0.4 is 10.9 Å². The van der Waals surface area contributed by atoms with Gasteiger partial charge in [0.15, 0.2) is 0 Å². The van der Waals surface area contributed by atoms with Crippen LogP contribution in [0.3, 0.4) is 0 Å². The van der Waals surface area contributed by atoms with Gasteiger partial charge >= 0.3 is 0 Å². The van der Waals surface area contributed by atoms with Gasteiger partial charge in [-0.25, -0.2) is 0 Å². The second kappa shape index (κ2) is 7.89. The number of rotatable bonds is 4. The molecule has 7 nitrogen and oxygen atoms in total. The summed E-state index contributed by atoms with van der Waals surface area (Å²) in [6.07, 6.45) is 2.83. The molecule has 0 unspecified atom stereocenters. The molecule has 122 valence electrons. The van der Waals surface area contributed by atoms with E-state index < -0.39 is 16.7 Å². The van der Waals surface area contributed by atoms with Gasteiger partial charge in [-0.3, -0.25) is 30.6 Å². The van der Waals surface area contributed by atoms with Gasteiger partial charge in [0.05, 0.1) is 4.92 Å². The molecular formula is C16H12ClN3O4. The Labute approximate surface area is 142 Å². The largest absolute Gasteiger partial charge is 0.288 e. The van der Waals surface area contributed by atoms with Crippen molar-refractivity contribution >= 4 is 35.2 Å². The molecule has 0 spiro atoms. The minimum atomic E-state index is -0.698. The molecule has 2 aromatic carbocycles. The summed E-state index contributed by atoms with van der Waals surface area (Å²) in [5.41, 5.74) is 4.79. The van der Waals surface area contributed by atoms with Gasteiger partial charge in [-0.2, -0.15) is 0 Å². The van der Waals surface area contributed by atoms with Gasteiger partial charge in [0.25, 0.3) is 17.5 Å². The maximum atomic E-state index is 11.9. The summed E-state index contributed by atoms with van der Waals surface area (Å²) in [5.74, 6) is -1.24. The number of nitro groups is 1. The number of hydrazine groups is 1. The Balaban J connectivity index is 1.95. The Morgan fingerprint density at radius 1 is 1.08 bits per heavy atom. The Morgan fingerprint density at radius 3 is 2.46 bits per heavy atom. The topological polar surface area (TPSA) is 101 Å². The fraction of sp³-hybridized carbons (Fsp3) is 0. The lowest BCUT2D eigenvalue weighted by Gasteiger charge is -2.05. The molecule has 24 heavy (non-hydrogen) atoms. The van der Waals surface area contributed by atoms with Crippen molar-refractivity contribution in [3.63, 3.8) is 0 Å². The molecule has 0 aliphatic heterocycles. The molecule has 0 aromatic heterocycles. The molecule has 0 bridgehead atoms. The fourth-order valence-corrected chi connectivity index (χ4v) is 1.95. The first kappa shape index (κ1) is 17.2. The van der Waals surface area contributed by atoms with Gasteiger partial charge in [-0.1, -0.05) is 41.9 Å². The van der Waals surface area contributed by atoms with Crippen LogP contribution in [0.15, 0.2) is 54.6 Å². The van der Waals surface area contributed by atoms with Crippen LogP contribution in [0, 0.1) is 10.1 Å². The van der Waals surface area contributed by atoms with Crippen LogP contribution in [0.25, 0.3) is 6.08 Å². The molecule has 2 amide bonds. The van der Waals surface area contributed by atoms with Gasteiger partial charge in [0, 0.05) is 17.7 Å². The SMILES string of the molecule is O=C(/C=C/c1ccccc1)NNC(=O)c1ccc(Cl)c([N+](=O)[O-])c1. The maximum Gasteiger partial charge on any atom is 0.288 e. The highest BCUT2D eigenvalue weighted by Crippen LogP contribution is 2.24. The Hall–Kier alpha value is -3.19. The van der Waals surface area contributed by atoms with Crippen LogP contribution in [0.5, 0.6) is 0 Å². The number of nitrogens with one attached hydrogen (secondary N) is 2. The summed E-state index contributed by atoms with van der Waals surface area (Å²) in [6.45, 7) is 0. The average molecular weight is 346 g/mol. The van der Waals surface area contributed by atoms with E-state index >= 15 is 0 Å². The van der Waals surface area contributed by atoms with Crippen LogP contribution in [0.4, 0.5) is 5.69 Å². The van der Waals surface area contributed by atoms with Crippen LogP contribution in [-0.4, -0.2) is 16.7 Å². The van der Waals surface area contributed by atoms with Crippen molar-refractivity contribution in [2.45, 2.75) is 0 Å². The Kier molecular flexibility index (Phi) is 5.64. The monoisotopic (exact) mass is 345 g/mol. The predicted octanol–water partition coefficient (Wildman–Crippen LogP) is 2.72. The number of carbonyl (C=O) groups excluding carboxylic acids is 2. The number of amides is 2. The van der Waals surface area contributed by atoms with Crippen LogP contribution >= 0.6 is 11.6 Å². The number of benzene rings is 2. The lowest BCUT2D eigenvalue weighted by atomic mass is 10.2. The predicted molar refractivity (Wildman–Crippen MR) is 89.2 cm³/mol. The molecule has 0 heterocycles. The number of nitro benzene ring substituents is 1. The van der Waals surface area contributed by atoms with Crippen molar-refractivity contribution in [2.75, 3.05) is 0 Å². The highest BCUT2D eigenvalue weighted by molar-refractivity contribution is 6.32. The first-order valence-corrected chi connectivity index (χ1v) is 7.12. The molecule has 0 saturated carbocycles. The second-order valence-electron chi connectivity index (χ2n) is 4.61. The summed E-state index contributed by atoms with van der Waals surface area (Å²) in [5, 5.41) is 10.7. The number of halogens is 1. The first-order valence-electron chi connectivity index (χ1n) is 6.75. The lowest BCUT2D eigenvalue weighted by Crippen LogP contribution is -2.40. The smallest absolute Gasteiger partial charge is 0.268 e. The van der Waals surface area contributed by atoms with Crippen LogP contribution in [0.2, 0.25) is 5.02 Å². The third kappa shape index (κ3) is 4.65. The lowest BCUT2D eigenvalue weighted by molar-refractivity contribution is -0.384. The third-order valence-electron chi connectivity index (χ3n) is 2.93. The standard InChI is InChI=1S/C16H12ClN3O4/c17-13-8-7-12(10-14(13)20(23)24)16(22)19-18-15(21)9-6-11-4-2-1-3-5-11/h1-10H,(H,18,21)(H,19,22)/b9-6+. The van der Waals surface area contributed by atoms with Gasteiger partial charge in [-0.05, 0) is 23.8 Å². The van der Waals surface area contributed by atoms with Gasteiger partial charge < -0.3 is 0 Å². The second-order valence-corrected chi connectivity index (χ2v) is 5.02. The molecule has 2 rings (SSSR count). The fourth-order valence-electron chi connectivity index (χ4n) is 1.76. The summed E-state index contributed by atoms with van der Waals surface area (Å²) in [4.78, 5) is 33.6. The van der Waals surface area contributed by atoms with Gasteiger partial charge in [0.1, 0.15) is 5.02 Å². The van der Waals surface area contributed by atoms with E-state index in [9.17, 15) is 19.7 Å². The summed E-state index contributed by atoms with van der Waals surface area (Å²) in [6, 6.07) is 12.7. The minimum Gasteiger partial charge on any atom is -0.268 e. The third-order valence-corrected chi connectivity index (χ3v) is 3.25. The molecule has 2 aromatic rings. The number of nitrogens with zero attached hydrogens (tertiary/aromatic N) is 1. The zero-order valence-electron chi connectivity index (χ0n) is 12.2.